The maximum absolute atomic E-state index is 13.5. The van der Waals surface area contributed by atoms with Crippen LogP contribution in [0.1, 0.15) is 49.1 Å². The second-order valence-electron chi connectivity index (χ2n) is 8.60. The van der Waals surface area contributed by atoms with Gasteiger partial charge in [-0.25, -0.2) is 8.42 Å². The Morgan fingerprint density at radius 3 is 2.70 bits per heavy atom. The maximum atomic E-state index is 13.5. The highest BCUT2D eigenvalue weighted by Crippen LogP contribution is 2.47. The Balaban J connectivity index is 1.59. The summed E-state index contributed by atoms with van der Waals surface area (Å²) >= 11 is 0. The van der Waals surface area contributed by atoms with E-state index in [2.05, 4.69) is 10.4 Å². The van der Waals surface area contributed by atoms with Gasteiger partial charge in [0, 0.05) is 19.6 Å². The molecule has 1 aliphatic heterocycles. The Labute approximate surface area is 178 Å². The number of fused-ring (bicyclic) bond motifs is 1. The summed E-state index contributed by atoms with van der Waals surface area (Å²) in [4.78, 5) is 13.5. The van der Waals surface area contributed by atoms with Gasteiger partial charge in [-0.1, -0.05) is 43.2 Å². The fraction of sp³-hybridized carbons (Fsp3) is 0.545. The molecule has 7 nitrogen and oxygen atoms in total. The molecule has 1 amide bonds. The molecule has 1 aromatic carbocycles. The number of hydrogen-bond acceptors (Lipinski definition) is 4. The molecule has 4 rings (SSSR count). The molecule has 2 heterocycles. The first-order valence-corrected chi connectivity index (χ1v) is 12.2. The topological polar surface area (TPSA) is 84.3 Å². The van der Waals surface area contributed by atoms with Crippen LogP contribution in [0, 0.1) is 12.3 Å². The number of carbonyl (C=O) groups excluding carboxylic acids is 1. The zero-order chi connectivity index (χ0) is 21.4. The third-order valence-corrected chi connectivity index (χ3v) is 8.48. The number of carbonyl (C=O) groups is 1. The van der Waals surface area contributed by atoms with E-state index in [1.807, 2.05) is 50.4 Å². The Hall–Kier alpha value is -2.19. The Kier molecular flexibility index (Phi) is 5.72. The van der Waals surface area contributed by atoms with Gasteiger partial charge in [0.2, 0.25) is 15.9 Å². The molecule has 2 fully saturated rings. The summed E-state index contributed by atoms with van der Waals surface area (Å²) in [6, 6.07) is 11.3. The van der Waals surface area contributed by atoms with Crippen LogP contribution in [0.5, 0.6) is 0 Å². The lowest BCUT2D eigenvalue weighted by Gasteiger charge is -2.50. The first-order chi connectivity index (χ1) is 14.3. The third kappa shape index (κ3) is 3.90. The summed E-state index contributed by atoms with van der Waals surface area (Å²) in [7, 11) is -1.53. The van der Waals surface area contributed by atoms with E-state index in [-0.39, 0.29) is 17.7 Å². The molecular formula is C22H30N4O3S. The van der Waals surface area contributed by atoms with Crippen LogP contribution in [0.15, 0.2) is 36.4 Å². The molecule has 1 saturated heterocycles. The van der Waals surface area contributed by atoms with Crippen molar-refractivity contribution in [3.63, 3.8) is 0 Å². The number of rotatable bonds is 5. The van der Waals surface area contributed by atoms with Crippen molar-refractivity contribution in [2.24, 2.45) is 12.5 Å². The highest BCUT2D eigenvalue weighted by atomic mass is 32.2. The van der Waals surface area contributed by atoms with Gasteiger partial charge in [-0.15, -0.1) is 0 Å². The van der Waals surface area contributed by atoms with Crippen LogP contribution in [0.4, 0.5) is 0 Å². The van der Waals surface area contributed by atoms with E-state index in [0.29, 0.717) is 19.5 Å². The van der Waals surface area contributed by atoms with Crippen LogP contribution in [0.2, 0.25) is 0 Å². The van der Waals surface area contributed by atoms with Crippen LogP contribution in [0.3, 0.4) is 0 Å². The van der Waals surface area contributed by atoms with E-state index in [1.54, 1.807) is 8.99 Å². The largest absolute Gasteiger partial charge is 0.350 e. The number of hydrogen-bond donors (Lipinski definition) is 1. The molecule has 1 saturated carbocycles. The summed E-state index contributed by atoms with van der Waals surface area (Å²) in [6.45, 7) is 2.65. The van der Waals surface area contributed by atoms with Gasteiger partial charge in [-0.3, -0.25) is 9.48 Å². The molecule has 1 N–H and O–H groups in total. The van der Waals surface area contributed by atoms with Crippen LogP contribution in [0.25, 0.3) is 0 Å². The summed E-state index contributed by atoms with van der Waals surface area (Å²) in [5, 5.41) is 7.44. The molecule has 0 spiro atoms. The quantitative estimate of drug-likeness (QED) is 0.790. The second-order valence-corrected chi connectivity index (χ2v) is 10.6. The number of amides is 1. The maximum Gasteiger partial charge on any atom is 0.228 e. The van der Waals surface area contributed by atoms with Crippen LogP contribution >= 0.6 is 0 Å². The predicted octanol–water partition coefficient (Wildman–Crippen LogP) is 2.51. The van der Waals surface area contributed by atoms with E-state index < -0.39 is 15.4 Å². The average molecular weight is 431 g/mol. The van der Waals surface area contributed by atoms with Crippen molar-refractivity contribution in [3.05, 3.63) is 53.3 Å². The lowest BCUT2D eigenvalue weighted by molar-refractivity contribution is -0.137. The van der Waals surface area contributed by atoms with Crippen molar-refractivity contribution in [3.8, 4) is 0 Å². The smallest absolute Gasteiger partial charge is 0.228 e. The fourth-order valence-corrected chi connectivity index (χ4v) is 6.98. The van der Waals surface area contributed by atoms with Gasteiger partial charge < -0.3 is 5.32 Å². The van der Waals surface area contributed by atoms with Gasteiger partial charge in [-0.2, -0.15) is 9.40 Å². The fourth-order valence-electron chi connectivity index (χ4n) is 5.08. The molecule has 162 valence electrons. The van der Waals surface area contributed by atoms with Crippen molar-refractivity contribution in [2.45, 2.75) is 58.2 Å². The average Bonchev–Trinajstić information content (AvgIpc) is 3.06. The zero-order valence-corrected chi connectivity index (χ0v) is 18.5. The number of aryl methyl sites for hydroxylation is 2. The molecule has 1 aliphatic carbocycles. The minimum absolute atomic E-state index is 0.0224. The highest BCUT2D eigenvalue weighted by molar-refractivity contribution is 7.89. The van der Waals surface area contributed by atoms with Gasteiger partial charge in [0.1, 0.15) is 0 Å². The monoisotopic (exact) mass is 430 g/mol. The lowest BCUT2D eigenvalue weighted by Crippen LogP contribution is -2.62. The van der Waals surface area contributed by atoms with E-state index in [0.717, 1.165) is 42.6 Å². The van der Waals surface area contributed by atoms with Crippen molar-refractivity contribution in [1.29, 1.82) is 0 Å². The van der Waals surface area contributed by atoms with E-state index >= 15 is 0 Å². The van der Waals surface area contributed by atoms with Crippen molar-refractivity contribution in [1.82, 2.24) is 19.4 Å². The molecule has 2 aromatic rings. The normalized spacial score (nSPS) is 26.1. The molecule has 0 radical (unpaired) electrons. The molecule has 30 heavy (non-hydrogen) atoms. The van der Waals surface area contributed by atoms with Crippen molar-refractivity contribution < 1.29 is 13.2 Å². The molecule has 2 aliphatic rings. The van der Waals surface area contributed by atoms with Crippen molar-refractivity contribution in [2.75, 3.05) is 5.75 Å². The van der Waals surface area contributed by atoms with Gasteiger partial charge >= 0.3 is 0 Å². The zero-order valence-electron chi connectivity index (χ0n) is 17.7. The SMILES string of the molecule is Cc1cc(CNC(=O)[C@@]23CCCC[C@H]2N(Cc2ccccc2)S(=O)(=O)CC3)n(C)n1. The van der Waals surface area contributed by atoms with E-state index in [9.17, 15) is 13.2 Å². The molecule has 0 bridgehead atoms. The summed E-state index contributed by atoms with van der Waals surface area (Å²) in [5.41, 5.74) is 2.14. The molecule has 0 unspecified atom stereocenters. The van der Waals surface area contributed by atoms with Gasteiger partial charge in [-0.05, 0) is 37.8 Å². The first-order valence-electron chi connectivity index (χ1n) is 10.6. The molecule has 1 aromatic heterocycles. The van der Waals surface area contributed by atoms with Crippen molar-refractivity contribution >= 4 is 15.9 Å². The lowest BCUT2D eigenvalue weighted by atomic mass is 9.67. The predicted molar refractivity (Wildman–Crippen MR) is 115 cm³/mol. The second kappa shape index (κ2) is 8.15. The Morgan fingerprint density at radius 2 is 2.00 bits per heavy atom. The van der Waals surface area contributed by atoms with E-state index in [4.69, 9.17) is 0 Å². The standard InChI is InChI=1S/C22H30N4O3S/c1-17-14-19(25(2)24-17)15-23-21(27)22-11-7-6-10-20(22)26(30(28,29)13-12-22)16-18-8-4-3-5-9-18/h3-5,8-9,14,20H,6-7,10-13,15-16H2,1-2H3,(H,23,27)/t20-,22-/m1/s1. The van der Waals surface area contributed by atoms with Gasteiger partial charge in [0.15, 0.2) is 0 Å². The summed E-state index contributed by atoms with van der Waals surface area (Å²) < 4.78 is 29.4. The number of sulfonamides is 1. The van der Waals surface area contributed by atoms with Crippen LogP contribution in [-0.4, -0.2) is 40.2 Å². The number of aromatic nitrogens is 2. The highest BCUT2D eigenvalue weighted by Gasteiger charge is 2.55. The first kappa shape index (κ1) is 21.1. The number of nitrogens with one attached hydrogen (secondary N) is 1. The summed E-state index contributed by atoms with van der Waals surface area (Å²) in [5.74, 6) is -0.00630. The molecule has 2 atom stereocenters. The van der Waals surface area contributed by atoms with Crippen LogP contribution < -0.4 is 5.32 Å². The number of benzene rings is 1. The molecule has 8 heteroatoms. The minimum atomic E-state index is -3.40. The Bertz CT molecular complexity index is 1020. The van der Waals surface area contributed by atoms with Gasteiger partial charge in [0.25, 0.3) is 0 Å². The van der Waals surface area contributed by atoms with E-state index in [1.165, 1.54) is 0 Å². The minimum Gasteiger partial charge on any atom is -0.350 e. The van der Waals surface area contributed by atoms with Gasteiger partial charge in [0.05, 0.1) is 29.1 Å². The summed E-state index contributed by atoms with van der Waals surface area (Å²) in [6.07, 6.45) is 3.75. The van der Waals surface area contributed by atoms with Crippen LogP contribution in [-0.2, 0) is 35.0 Å². The Morgan fingerprint density at radius 1 is 1.23 bits per heavy atom. The number of nitrogens with zero attached hydrogens (tertiary/aromatic N) is 3. The third-order valence-electron chi connectivity index (χ3n) is 6.66. The molecular weight excluding hydrogens is 400 g/mol.